The second-order valence-electron chi connectivity index (χ2n) is 4.43. The number of hydrogen-bond acceptors (Lipinski definition) is 5. The van der Waals surface area contributed by atoms with Crippen LogP contribution in [-0.4, -0.2) is 29.5 Å². The smallest absolute Gasteiger partial charge is 0.158 e. The quantitative estimate of drug-likeness (QED) is 0.576. The lowest BCUT2D eigenvalue weighted by Gasteiger charge is -2.01. The Kier molecular flexibility index (Phi) is 2.02. The monoisotopic (exact) mass is 270 g/mol. The Labute approximate surface area is 112 Å². The third-order valence-corrected chi connectivity index (χ3v) is 3.95. The summed E-state index contributed by atoms with van der Waals surface area (Å²) in [5.41, 5.74) is 4.52. The molecule has 0 fully saturated rings. The molecule has 6 nitrogen and oxygen atoms in total. The van der Waals surface area contributed by atoms with Gasteiger partial charge in [-0.3, -0.25) is 5.10 Å². The van der Waals surface area contributed by atoms with Crippen molar-refractivity contribution in [1.29, 1.82) is 0 Å². The molecule has 0 saturated carbocycles. The maximum atomic E-state index is 4.59. The number of rotatable bonds is 1. The lowest BCUT2D eigenvalue weighted by atomic mass is 10.4. The Balaban J connectivity index is 1.97. The third-order valence-electron chi connectivity index (χ3n) is 2.95. The molecule has 4 aromatic heterocycles. The predicted molar refractivity (Wildman–Crippen MR) is 73.2 cm³/mol. The molecule has 0 amide bonds. The van der Waals surface area contributed by atoms with Crippen molar-refractivity contribution < 1.29 is 0 Å². The number of H-pyrrole nitrogens is 1. The molecule has 0 radical (unpaired) electrons. The summed E-state index contributed by atoms with van der Waals surface area (Å²) < 4.78 is 2.00. The second kappa shape index (κ2) is 3.61. The van der Waals surface area contributed by atoms with E-state index in [2.05, 4.69) is 25.1 Å². The first-order chi connectivity index (χ1) is 9.20. The number of aromatic amines is 1. The van der Waals surface area contributed by atoms with Crippen LogP contribution in [0.5, 0.6) is 0 Å². The molecule has 0 unspecified atom stereocenters. The van der Waals surface area contributed by atoms with Crippen LogP contribution in [-0.2, 0) is 0 Å². The molecule has 4 rings (SSSR count). The van der Waals surface area contributed by atoms with E-state index in [1.54, 1.807) is 17.5 Å². The Morgan fingerprint density at radius 2 is 2.05 bits per heavy atom. The zero-order valence-electron chi connectivity index (χ0n) is 10.4. The normalized spacial score (nSPS) is 11.7. The molecule has 4 aromatic rings. The minimum absolute atomic E-state index is 0.858. The number of fused-ring (bicyclic) bond motifs is 2. The Hall–Kier alpha value is -2.28. The van der Waals surface area contributed by atoms with E-state index in [0.29, 0.717) is 0 Å². The number of thiazole rings is 1. The van der Waals surface area contributed by atoms with Gasteiger partial charge in [0, 0.05) is 12.4 Å². The van der Waals surface area contributed by atoms with Gasteiger partial charge in [0.25, 0.3) is 0 Å². The van der Waals surface area contributed by atoms with E-state index < -0.39 is 0 Å². The van der Waals surface area contributed by atoms with Gasteiger partial charge < -0.3 is 4.40 Å². The lowest BCUT2D eigenvalue weighted by molar-refractivity contribution is 1.08. The van der Waals surface area contributed by atoms with Crippen LogP contribution in [0, 0.1) is 13.8 Å². The van der Waals surface area contributed by atoms with Crippen LogP contribution in [0.2, 0.25) is 0 Å². The molecule has 0 aliphatic rings. The molecule has 0 aliphatic heterocycles. The Morgan fingerprint density at radius 3 is 2.89 bits per heavy atom. The minimum Gasteiger partial charge on any atom is -0.303 e. The zero-order chi connectivity index (χ0) is 13.0. The molecular formula is C12H10N6S. The largest absolute Gasteiger partial charge is 0.303 e. The first-order valence-electron chi connectivity index (χ1n) is 5.84. The summed E-state index contributed by atoms with van der Waals surface area (Å²) in [7, 11) is 0. The van der Waals surface area contributed by atoms with Crippen molar-refractivity contribution in [2.45, 2.75) is 13.8 Å². The average Bonchev–Trinajstić information content (AvgIpc) is 3.00. The van der Waals surface area contributed by atoms with Crippen LogP contribution in [0.4, 0.5) is 0 Å². The molecule has 4 heterocycles. The topological polar surface area (TPSA) is 71.8 Å². The summed E-state index contributed by atoms with van der Waals surface area (Å²) in [6.45, 7) is 3.94. The van der Waals surface area contributed by atoms with Gasteiger partial charge in [-0.05, 0) is 13.8 Å². The number of nitrogens with one attached hydrogen (secondary N) is 1. The van der Waals surface area contributed by atoms with E-state index in [9.17, 15) is 0 Å². The van der Waals surface area contributed by atoms with Crippen LogP contribution in [0.1, 0.15) is 11.4 Å². The lowest BCUT2D eigenvalue weighted by Crippen LogP contribution is -1.94. The van der Waals surface area contributed by atoms with E-state index in [1.165, 1.54) is 0 Å². The van der Waals surface area contributed by atoms with E-state index in [4.69, 9.17) is 0 Å². The maximum absolute atomic E-state index is 4.59. The van der Waals surface area contributed by atoms with Crippen molar-refractivity contribution in [3.8, 4) is 10.7 Å². The van der Waals surface area contributed by atoms with Crippen molar-refractivity contribution in [2.24, 2.45) is 0 Å². The van der Waals surface area contributed by atoms with Crippen molar-refractivity contribution in [2.75, 3.05) is 0 Å². The van der Waals surface area contributed by atoms with Crippen molar-refractivity contribution in [3.63, 3.8) is 0 Å². The van der Waals surface area contributed by atoms with Gasteiger partial charge >= 0.3 is 0 Å². The summed E-state index contributed by atoms with van der Waals surface area (Å²) in [6, 6.07) is 0. The van der Waals surface area contributed by atoms with Crippen LogP contribution in [0.3, 0.4) is 0 Å². The minimum atomic E-state index is 0.858. The van der Waals surface area contributed by atoms with E-state index in [-0.39, 0.29) is 0 Å². The highest BCUT2D eigenvalue weighted by Gasteiger charge is 2.12. The number of aromatic nitrogens is 6. The number of imidazole rings is 1. The summed E-state index contributed by atoms with van der Waals surface area (Å²) in [5, 5.41) is 7.77. The molecule has 1 N–H and O–H groups in total. The fourth-order valence-electron chi connectivity index (χ4n) is 2.14. The maximum Gasteiger partial charge on any atom is 0.158 e. The fourth-order valence-corrected chi connectivity index (χ4v) is 2.98. The van der Waals surface area contributed by atoms with E-state index in [0.717, 1.165) is 38.1 Å². The first-order valence-corrected chi connectivity index (χ1v) is 6.65. The summed E-state index contributed by atoms with van der Waals surface area (Å²) in [4.78, 5) is 14.5. The highest BCUT2D eigenvalue weighted by Crippen LogP contribution is 2.28. The molecule has 94 valence electrons. The molecule has 0 atom stereocenters. The Bertz CT molecular complexity index is 871. The molecule has 0 aromatic carbocycles. The third kappa shape index (κ3) is 1.55. The van der Waals surface area contributed by atoms with Gasteiger partial charge in [0.15, 0.2) is 5.65 Å². The SMILES string of the molecule is Cc1cn2cc(-c3nc4cn[nH]c4s3)nc(C)c2n1. The van der Waals surface area contributed by atoms with Crippen LogP contribution >= 0.6 is 11.3 Å². The van der Waals surface area contributed by atoms with Gasteiger partial charge in [-0.25, -0.2) is 15.0 Å². The van der Waals surface area contributed by atoms with Crippen LogP contribution < -0.4 is 0 Å². The van der Waals surface area contributed by atoms with Gasteiger partial charge in [-0.1, -0.05) is 11.3 Å². The van der Waals surface area contributed by atoms with Gasteiger partial charge in [0.2, 0.25) is 0 Å². The molecule has 0 spiro atoms. The summed E-state index contributed by atoms with van der Waals surface area (Å²) >= 11 is 1.56. The Morgan fingerprint density at radius 1 is 1.16 bits per heavy atom. The zero-order valence-corrected chi connectivity index (χ0v) is 11.2. The van der Waals surface area contributed by atoms with Crippen molar-refractivity contribution in [3.05, 3.63) is 30.0 Å². The van der Waals surface area contributed by atoms with E-state index >= 15 is 0 Å². The highest BCUT2D eigenvalue weighted by molar-refractivity contribution is 7.21. The second-order valence-corrected chi connectivity index (χ2v) is 5.43. The fraction of sp³-hybridized carbons (Fsp3) is 0.167. The van der Waals surface area contributed by atoms with Gasteiger partial charge in [-0.2, -0.15) is 5.10 Å². The van der Waals surface area contributed by atoms with Gasteiger partial charge in [0.1, 0.15) is 21.0 Å². The molecule has 7 heteroatoms. The van der Waals surface area contributed by atoms with Crippen molar-refractivity contribution in [1.82, 2.24) is 29.5 Å². The van der Waals surface area contributed by atoms with E-state index in [1.807, 2.05) is 30.6 Å². The van der Waals surface area contributed by atoms with Crippen LogP contribution in [0.25, 0.3) is 26.7 Å². The summed E-state index contributed by atoms with van der Waals surface area (Å²) in [5.74, 6) is 0. The number of nitrogens with zero attached hydrogens (tertiary/aromatic N) is 5. The van der Waals surface area contributed by atoms with Crippen LogP contribution in [0.15, 0.2) is 18.6 Å². The predicted octanol–water partition coefficient (Wildman–Crippen LogP) is 2.35. The van der Waals surface area contributed by atoms with Gasteiger partial charge in [0.05, 0.1) is 17.6 Å². The molecular weight excluding hydrogens is 260 g/mol. The van der Waals surface area contributed by atoms with Crippen molar-refractivity contribution >= 4 is 27.3 Å². The highest BCUT2D eigenvalue weighted by atomic mass is 32.1. The average molecular weight is 270 g/mol. The number of aryl methyl sites for hydroxylation is 2. The number of hydrogen-bond donors (Lipinski definition) is 1. The molecule has 0 bridgehead atoms. The molecule has 19 heavy (non-hydrogen) atoms. The first kappa shape index (κ1) is 10.6. The standard InChI is InChI=1S/C12H10N6S/c1-6-4-18-5-9(15-7(2)10(18)14-6)11-16-8-3-13-17-12(8)19-11/h3-5H,1-2H3,(H,13,17). The molecule has 0 saturated heterocycles. The summed E-state index contributed by atoms with van der Waals surface area (Å²) in [6.07, 6.45) is 5.68. The van der Waals surface area contributed by atoms with Gasteiger partial charge in [-0.15, -0.1) is 0 Å². The molecule has 0 aliphatic carbocycles.